The van der Waals surface area contributed by atoms with Gasteiger partial charge >= 0.3 is 0 Å². The maximum Gasteiger partial charge on any atom is 0.281 e. The van der Waals surface area contributed by atoms with Crippen LogP contribution in [-0.4, -0.2) is 16.9 Å². The van der Waals surface area contributed by atoms with Crippen molar-refractivity contribution in [1.29, 1.82) is 0 Å². The molecular formula is C14H13F2N3S. The van der Waals surface area contributed by atoms with Crippen LogP contribution in [0.3, 0.4) is 0 Å². The second-order valence-corrected chi connectivity index (χ2v) is 5.38. The van der Waals surface area contributed by atoms with E-state index in [0.29, 0.717) is 5.01 Å². The minimum absolute atomic E-state index is 0.154. The minimum atomic E-state index is -2.52. The Kier molecular flexibility index (Phi) is 3.40. The van der Waals surface area contributed by atoms with E-state index in [4.69, 9.17) is 0 Å². The fraction of sp³-hybridized carbons (Fsp3) is 0.214. The molecule has 0 radical (unpaired) electrons. The van der Waals surface area contributed by atoms with Crippen molar-refractivity contribution in [3.8, 4) is 0 Å². The molecule has 104 valence electrons. The van der Waals surface area contributed by atoms with Gasteiger partial charge < -0.3 is 9.80 Å². The average Bonchev–Trinajstić information content (AvgIpc) is 3.06. The molecule has 0 spiro atoms. The Morgan fingerprint density at radius 1 is 1.20 bits per heavy atom. The molecule has 1 aromatic heterocycles. The highest BCUT2D eigenvalue weighted by atomic mass is 32.1. The van der Waals surface area contributed by atoms with E-state index >= 15 is 0 Å². The first-order valence-corrected chi connectivity index (χ1v) is 7.02. The molecule has 3 rings (SSSR count). The number of benzene rings is 1. The zero-order chi connectivity index (χ0) is 14.1. The third kappa shape index (κ3) is 2.27. The fourth-order valence-electron chi connectivity index (χ4n) is 2.18. The van der Waals surface area contributed by atoms with E-state index in [9.17, 15) is 8.78 Å². The van der Waals surface area contributed by atoms with E-state index in [-0.39, 0.29) is 11.9 Å². The molecule has 2 heterocycles. The summed E-state index contributed by atoms with van der Waals surface area (Å²) in [7, 11) is 1.91. The highest BCUT2D eigenvalue weighted by Gasteiger charge is 2.30. The van der Waals surface area contributed by atoms with E-state index in [2.05, 4.69) is 4.98 Å². The number of para-hydroxylation sites is 1. The number of rotatable bonds is 3. The van der Waals surface area contributed by atoms with Gasteiger partial charge in [0, 0.05) is 30.5 Å². The lowest BCUT2D eigenvalue weighted by Crippen LogP contribution is -2.28. The molecule has 0 bridgehead atoms. The van der Waals surface area contributed by atoms with Crippen molar-refractivity contribution in [2.75, 3.05) is 11.9 Å². The zero-order valence-corrected chi connectivity index (χ0v) is 11.6. The van der Waals surface area contributed by atoms with E-state index < -0.39 is 6.43 Å². The van der Waals surface area contributed by atoms with Gasteiger partial charge in [0.1, 0.15) is 10.7 Å². The van der Waals surface area contributed by atoms with Crippen molar-refractivity contribution < 1.29 is 8.78 Å². The van der Waals surface area contributed by atoms with E-state index in [1.807, 2.05) is 59.6 Å². The lowest BCUT2D eigenvalue weighted by Gasteiger charge is -2.28. The molecule has 0 fully saturated rings. The molecule has 1 unspecified atom stereocenters. The lowest BCUT2D eigenvalue weighted by molar-refractivity contribution is 0.146. The molecule has 1 aliphatic heterocycles. The van der Waals surface area contributed by atoms with Gasteiger partial charge in [-0.25, -0.2) is 13.8 Å². The SMILES string of the molecule is CN1C=CN(c2ccccc2)C1c1nc(C(F)F)cs1. The van der Waals surface area contributed by atoms with Crippen LogP contribution in [0.1, 0.15) is 23.3 Å². The summed E-state index contributed by atoms with van der Waals surface area (Å²) in [5.41, 5.74) is 0.852. The first-order valence-electron chi connectivity index (χ1n) is 6.14. The molecule has 0 saturated carbocycles. The molecule has 6 heteroatoms. The molecule has 20 heavy (non-hydrogen) atoms. The zero-order valence-electron chi connectivity index (χ0n) is 10.8. The highest BCUT2D eigenvalue weighted by Crippen LogP contribution is 2.36. The number of anilines is 1. The molecule has 0 amide bonds. The normalized spacial score (nSPS) is 18.3. The standard InChI is InChI=1S/C14H13F2N3S/c1-18-7-8-19(10-5-3-2-4-6-10)14(18)13-17-11(9-20-13)12(15)16/h2-9,12,14H,1H3. The van der Waals surface area contributed by atoms with Crippen LogP contribution in [0.15, 0.2) is 48.1 Å². The number of thiazole rings is 1. The summed E-state index contributed by atoms with van der Waals surface area (Å²) in [6.07, 6.45) is 1.16. The number of nitrogens with zero attached hydrogens (tertiary/aromatic N) is 3. The number of aromatic nitrogens is 1. The van der Waals surface area contributed by atoms with Crippen molar-refractivity contribution >= 4 is 17.0 Å². The predicted octanol–water partition coefficient (Wildman–Crippen LogP) is 4.00. The highest BCUT2D eigenvalue weighted by molar-refractivity contribution is 7.09. The number of hydrogen-bond acceptors (Lipinski definition) is 4. The molecule has 1 aromatic carbocycles. The number of hydrogen-bond donors (Lipinski definition) is 0. The van der Waals surface area contributed by atoms with Crippen LogP contribution in [0.2, 0.25) is 0 Å². The largest absolute Gasteiger partial charge is 0.353 e. The van der Waals surface area contributed by atoms with E-state index in [1.54, 1.807) is 0 Å². The summed E-state index contributed by atoms with van der Waals surface area (Å²) in [5.74, 6) is 0. The van der Waals surface area contributed by atoms with Crippen molar-refractivity contribution in [2.45, 2.75) is 12.6 Å². The first-order chi connectivity index (χ1) is 9.66. The minimum Gasteiger partial charge on any atom is -0.353 e. The number of halogens is 2. The molecule has 1 aliphatic rings. The van der Waals surface area contributed by atoms with Crippen LogP contribution in [0.25, 0.3) is 0 Å². The van der Waals surface area contributed by atoms with Crippen LogP contribution < -0.4 is 4.90 Å². The molecule has 0 N–H and O–H groups in total. The molecule has 3 nitrogen and oxygen atoms in total. The van der Waals surface area contributed by atoms with Crippen LogP contribution in [0, 0.1) is 0 Å². The topological polar surface area (TPSA) is 19.4 Å². The monoisotopic (exact) mass is 293 g/mol. The number of alkyl halides is 2. The smallest absolute Gasteiger partial charge is 0.281 e. The summed E-state index contributed by atoms with van der Waals surface area (Å²) < 4.78 is 25.4. The van der Waals surface area contributed by atoms with Gasteiger partial charge in [-0.15, -0.1) is 11.3 Å². The Labute approximate surface area is 119 Å². The summed E-state index contributed by atoms with van der Waals surface area (Å²) in [5, 5.41) is 2.09. The summed E-state index contributed by atoms with van der Waals surface area (Å²) in [4.78, 5) is 8.04. The predicted molar refractivity (Wildman–Crippen MR) is 75.6 cm³/mol. The van der Waals surface area contributed by atoms with Gasteiger partial charge in [0.2, 0.25) is 0 Å². The third-order valence-electron chi connectivity index (χ3n) is 3.15. The van der Waals surface area contributed by atoms with Gasteiger partial charge in [0.25, 0.3) is 6.43 Å². The van der Waals surface area contributed by atoms with Gasteiger partial charge in [0.05, 0.1) is 0 Å². The van der Waals surface area contributed by atoms with Gasteiger partial charge in [-0.2, -0.15) is 0 Å². The molecule has 2 aromatic rings. The van der Waals surface area contributed by atoms with Gasteiger partial charge in [-0.1, -0.05) is 18.2 Å². The Bertz CT molecular complexity index is 612. The molecular weight excluding hydrogens is 280 g/mol. The Morgan fingerprint density at radius 3 is 2.60 bits per heavy atom. The Morgan fingerprint density at radius 2 is 1.95 bits per heavy atom. The van der Waals surface area contributed by atoms with Crippen LogP contribution in [0.5, 0.6) is 0 Å². The van der Waals surface area contributed by atoms with Crippen LogP contribution in [-0.2, 0) is 0 Å². The van der Waals surface area contributed by atoms with Gasteiger partial charge in [-0.3, -0.25) is 0 Å². The maximum atomic E-state index is 12.7. The second-order valence-electron chi connectivity index (χ2n) is 4.49. The van der Waals surface area contributed by atoms with Gasteiger partial charge in [0.15, 0.2) is 6.17 Å². The first kappa shape index (κ1) is 13.1. The molecule has 0 aliphatic carbocycles. The van der Waals surface area contributed by atoms with Gasteiger partial charge in [-0.05, 0) is 12.1 Å². The van der Waals surface area contributed by atoms with E-state index in [0.717, 1.165) is 5.69 Å². The summed E-state index contributed by atoms with van der Waals surface area (Å²) in [6.45, 7) is 0. The Balaban J connectivity index is 1.93. The molecule has 0 saturated heterocycles. The average molecular weight is 293 g/mol. The quantitative estimate of drug-likeness (QED) is 0.852. The van der Waals surface area contributed by atoms with Crippen LogP contribution >= 0.6 is 11.3 Å². The second kappa shape index (κ2) is 5.20. The lowest BCUT2D eigenvalue weighted by atomic mass is 10.3. The summed E-state index contributed by atoms with van der Waals surface area (Å²) in [6, 6.07) is 9.81. The van der Waals surface area contributed by atoms with Crippen LogP contribution in [0.4, 0.5) is 14.5 Å². The third-order valence-corrected chi connectivity index (χ3v) is 4.05. The van der Waals surface area contributed by atoms with Crippen molar-refractivity contribution in [3.05, 3.63) is 58.8 Å². The fourth-order valence-corrected chi connectivity index (χ4v) is 3.13. The summed E-state index contributed by atoms with van der Waals surface area (Å²) >= 11 is 1.26. The van der Waals surface area contributed by atoms with Crippen molar-refractivity contribution in [3.63, 3.8) is 0 Å². The maximum absolute atomic E-state index is 12.7. The molecule has 1 atom stereocenters. The van der Waals surface area contributed by atoms with Crippen molar-refractivity contribution in [1.82, 2.24) is 9.88 Å². The van der Waals surface area contributed by atoms with Crippen molar-refractivity contribution in [2.24, 2.45) is 0 Å². The Hall–Kier alpha value is -1.95. The van der Waals surface area contributed by atoms with E-state index in [1.165, 1.54) is 16.7 Å².